The van der Waals surface area contributed by atoms with Gasteiger partial charge in [0.05, 0.1) is 24.8 Å². The fourth-order valence-electron chi connectivity index (χ4n) is 3.34. The molecule has 2 atom stereocenters. The lowest BCUT2D eigenvalue weighted by molar-refractivity contribution is -0.140. The average Bonchev–Trinajstić information content (AvgIpc) is 2.70. The van der Waals surface area contributed by atoms with Crippen LogP contribution >= 0.6 is 0 Å². The molecule has 0 aliphatic carbocycles. The van der Waals surface area contributed by atoms with Crippen LogP contribution in [-0.2, 0) is 14.8 Å². The topological polar surface area (TPSA) is 77.9 Å². The van der Waals surface area contributed by atoms with Crippen LogP contribution in [0, 0.1) is 5.92 Å². The van der Waals surface area contributed by atoms with Gasteiger partial charge < -0.3 is 10.0 Å². The summed E-state index contributed by atoms with van der Waals surface area (Å²) in [4.78, 5) is 14.5. The number of carbonyl (C=O) groups is 1. The van der Waals surface area contributed by atoms with E-state index >= 15 is 0 Å². The van der Waals surface area contributed by atoms with Gasteiger partial charge in [0.15, 0.2) is 0 Å². The predicted molar refractivity (Wildman–Crippen MR) is 80.2 cm³/mol. The number of carbonyl (C=O) groups excluding carboxylic acids is 1. The molecule has 2 heterocycles. The Hall–Kier alpha value is -0.660. The van der Waals surface area contributed by atoms with Gasteiger partial charge in [0.1, 0.15) is 0 Å². The zero-order valence-corrected chi connectivity index (χ0v) is 13.5. The summed E-state index contributed by atoms with van der Waals surface area (Å²) in [5.74, 6) is -0.245. The van der Waals surface area contributed by atoms with Crippen LogP contribution in [0.15, 0.2) is 0 Å². The highest BCUT2D eigenvalue weighted by Gasteiger charge is 2.35. The lowest BCUT2D eigenvalue weighted by Gasteiger charge is -2.36. The van der Waals surface area contributed by atoms with Crippen molar-refractivity contribution in [2.24, 2.45) is 5.92 Å². The van der Waals surface area contributed by atoms with Crippen molar-refractivity contribution < 1.29 is 18.3 Å². The first-order valence-corrected chi connectivity index (χ1v) is 9.64. The second-order valence-corrected chi connectivity index (χ2v) is 8.16. The van der Waals surface area contributed by atoms with Crippen LogP contribution in [0.4, 0.5) is 0 Å². The Labute approximate surface area is 127 Å². The Morgan fingerprint density at radius 1 is 1.14 bits per heavy atom. The Bertz CT molecular complexity index is 466. The van der Waals surface area contributed by atoms with Crippen LogP contribution in [0.3, 0.4) is 0 Å². The van der Waals surface area contributed by atoms with E-state index in [1.165, 1.54) is 10.6 Å². The van der Waals surface area contributed by atoms with Crippen molar-refractivity contribution in [3.05, 3.63) is 0 Å². The summed E-state index contributed by atoms with van der Waals surface area (Å²) in [6.07, 6.45) is 6.58. The minimum atomic E-state index is -3.24. The van der Waals surface area contributed by atoms with E-state index in [4.69, 9.17) is 0 Å². The Morgan fingerprint density at radius 3 is 2.57 bits per heavy atom. The fourth-order valence-corrected chi connectivity index (χ4v) is 4.25. The monoisotopic (exact) mass is 318 g/mol. The highest BCUT2D eigenvalue weighted by Crippen LogP contribution is 2.24. The summed E-state index contributed by atoms with van der Waals surface area (Å²) in [6.45, 7) is 1.46. The van der Waals surface area contributed by atoms with Gasteiger partial charge in [0.25, 0.3) is 0 Å². The zero-order chi connectivity index (χ0) is 15.5. The van der Waals surface area contributed by atoms with Crippen LogP contribution in [0.5, 0.6) is 0 Å². The summed E-state index contributed by atoms with van der Waals surface area (Å²) in [5, 5.41) is 9.51. The summed E-state index contributed by atoms with van der Waals surface area (Å²) in [5.41, 5.74) is 0. The van der Waals surface area contributed by atoms with Gasteiger partial charge in [-0.05, 0) is 25.7 Å². The zero-order valence-electron chi connectivity index (χ0n) is 12.7. The van der Waals surface area contributed by atoms with E-state index in [1.807, 2.05) is 0 Å². The average molecular weight is 318 g/mol. The Morgan fingerprint density at radius 2 is 1.90 bits per heavy atom. The van der Waals surface area contributed by atoms with E-state index in [1.54, 1.807) is 4.90 Å². The molecule has 122 valence electrons. The predicted octanol–water partition coefficient (Wildman–Crippen LogP) is 0.422. The van der Waals surface area contributed by atoms with E-state index in [9.17, 15) is 18.3 Å². The first-order valence-electron chi connectivity index (χ1n) is 7.80. The van der Waals surface area contributed by atoms with Crippen molar-refractivity contribution in [1.29, 1.82) is 0 Å². The molecule has 0 saturated carbocycles. The van der Waals surface area contributed by atoms with Gasteiger partial charge in [-0.15, -0.1) is 0 Å². The van der Waals surface area contributed by atoms with Gasteiger partial charge in [0.2, 0.25) is 15.9 Å². The molecule has 2 aliphatic rings. The maximum atomic E-state index is 12.7. The highest BCUT2D eigenvalue weighted by atomic mass is 32.2. The third-order valence-corrected chi connectivity index (χ3v) is 5.84. The number of nitrogens with zero attached hydrogens (tertiary/aromatic N) is 2. The van der Waals surface area contributed by atoms with Gasteiger partial charge in [-0.2, -0.15) is 0 Å². The van der Waals surface area contributed by atoms with E-state index in [0.717, 1.165) is 38.5 Å². The van der Waals surface area contributed by atoms with Crippen LogP contribution in [0.1, 0.15) is 38.5 Å². The second kappa shape index (κ2) is 7.07. The minimum absolute atomic E-state index is 0.00570. The molecule has 2 saturated heterocycles. The van der Waals surface area contributed by atoms with Gasteiger partial charge in [-0.1, -0.05) is 12.8 Å². The molecular weight excluding hydrogens is 292 g/mol. The molecule has 2 aliphatic heterocycles. The SMILES string of the molecule is CS(=O)(=O)N1CCCC(C(=O)N2CCCCCC2CO)C1. The van der Waals surface area contributed by atoms with Crippen LogP contribution in [0.25, 0.3) is 0 Å². The molecule has 0 spiro atoms. The smallest absolute Gasteiger partial charge is 0.227 e. The lowest BCUT2D eigenvalue weighted by atomic mass is 9.97. The normalized spacial score (nSPS) is 29.1. The quantitative estimate of drug-likeness (QED) is 0.818. The number of amides is 1. The van der Waals surface area contributed by atoms with Crippen molar-refractivity contribution >= 4 is 15.9 Å². The number of sulfonamides is 1. The van der Waals surface area contributed by atoms with Gasteiger partial charge >= 0.3 is 0 Å². The molecule has 21 heavy (non-hydrogen) atoms. The molecule has 1 N–H and O–H groups in total. The molecule has 7 heteroatoms. The van der Waals surface area contributed by atoms with Gasteiger partial charge in [-0.3, -0.25) is 4.79 Å². The molecule has 0 aromatic rings. The summed E-state index contributed by atoms with van der Waals surface area (Å²) in [6, 6.07) is -0.103. The van der Waals surface area contributed by atoms with Crippen molar-refractivity contribution in [3.8, 4) is 0 Å². The minimum Gasteiger partial charge on any atom is -0.394 e. The molecule has 2 fully saturated rings. The lowest BCUT2D eigenvalue weighted by Crippen LogP contribution is -2.50. The summed E-state index contributed by atoms with van der Waals surface area (Å²) in [7, 11) is -3.24. The van der Waals surface area contributed by atoms with Crippen LogP contribution < -0.4 is 0 Å². The van der Waals surface area contributed by atoms with Crippen LogP contribution in [-0.4, -0.2) is 67.2 Å². The number of aliphatic hydroxyl groups excluding tert-OH is 1. The summed E-state index contributed by atoms with van der Waals surface area (Å²) < 4.78 is 24.7. The van der Waals surface area contributed by atoms with Crippen molar-refractivity contribution in [2.45, 2.75) is 44.6 Å². The highest BCUT2D eigenvalue weighted by molar-refractivity contribution is 7.88. The number of rotatable bonds is 3. The molecule has 1 amide bonds. The number of hydrogen-bond acceptors (Lipinski definition) is 4. The van der Waals surface area contributed by atoms with Crippen molar-refractivity contribution in [2.75, 3.05) is 32.5 Å². The molecule has 2 rings (SSSR count). The molecule has 2 unspecified atom stereocenters. The number of likely N-dealkylation sites (tertiary alicyclic amines) is 1. The molecule has 0 bridgehead atoms. The van der Waals surface area contributed by atoms with Crippen LogP contribution in [0.2, 0.25) is 0 Å². The molecule has 0 radical (unpaired) electrons. The van der Waals surface area contributed by atoms with Crippen molar-refractivity contribution in [1.82, 2.24) is 9.21 Å². The summed E-state index contributed by atoms with van der Waals surface area (Å²) >= 11 is 0. The maximum absolute atomic E-state index is 12.7. The first-order chi connectivity index (χ1) is 9.93. The second-order valence-electron chi connectivity index (χ2n) is 6.18. The largest absolute Gasteiger partial charge is 0.394 e. The van der Waals surface area contributed by atoms with Gasteiger partial charge in [0, 0.05) is 19.6 Å². The van der Waals surface area contributed by atoms with E-state index in [-0.39, 0.29) is 31.0 Å². The van der Waals surface area contributed by atoms with Gasteiger partial charge in [-0.25, -0.2) is 12.7 Å². The van der Waals surface area contributed by atoms with Crippen molar-refractivity contribution in [3.63, 3.8) is 0 Å². The molecule has 0 aromatic carbocycles. The maximum Gasteiger partial charge on any atom is 0.227 e. The van der Waals surface area contributed by atoms with E-state index in [2.05, 4.69) is 0 Å². The van der Waals surface area contributed by atoms with E-state index < -0.39 is 10.0 Å². The Kier molecular flexibility index (Phi) is 5.62. The standard InChI is InChI=1S/C14H26N2O4S/c1-21(19,20)15-8-5-6-12(10-15)14(18)16-9-4-2-3-7-13(16)11-17/h12-13,17H,2-11H2,1H3. The fraction of sp³-hybridized carbons (Fsp3) is 0.929. The number of piperidine rings is 1. The number of aliphatic hydroxyl groups is 1. The van der Waals surface area contributed by atoms with E-state index in [0.29, 0.717) is 13.1 Å². The first kappa shape index (κ1) is 16.7. The number of hydrogen-bond donors (Lipinski definition) is 1. The molecule has 6 nitrogen and oxygen atoms in total. The molecule has 0 aromatic heterocycles. The molecular formula is C14H26N2O4S. The third-order valence-electron chi connectivity index (χ3n) is 4.57. The Balaban J connectivity index is 2.07. The third kappa shape index (κ3) is 4.17.